The number of anilines is 1. The minimum absolute atomic E-state index is 0.0324. The van der Waals surface area contributed by atoms with Gasteiger partial charge in [0.2, 0.25) is 5.91 Å². The number of hydrogen-bond donors (Lipinski definition) is 2. The first-order chi connectivity index (χ1) is 13.6. The van der Waals surface area contributed by atoms with Crippen LogP contribution in [-0.2, 0) is 11.2 Å². The number of benzene rings is 1. The summed E-state index contributed by atoms with van der Waals surface area (Å²) in [6.45, 7) is 8.09. The van der Waals surface area contributed by atoms with Crippen LogP contribution in [0.3, 0.4) is 0 Å². The molecule has 0 saturated heterocycles. The zero-order valence-corrected chi connectivity index (χ0v) is 18.2. The Labute approximate surface area is 172 Å². The average molecular weight is 394 g/mol. The van der Waals surface area contributed by atoms with E-state index in [1.165, 1.54) is 5.39 Å². The third kappa shape index (κ3) is 5.34. The highest BCUT2D eigenvalue weighted by Crippen LogP contribution is 2.26. The van der Waals surface area contributed by atoms with Gasteiger partial charge in [-0.1, -0.05) is 39.0 Å². The molecule has 154 valence electrons. The van der Waals surface area contributed by atoms with E-state index in [1.54, 1.807) is 0 Å². The number of fused-ring (bicyclic) bond motifs is 1. The normalized spacial score (nSPS) is 12.8. The van der Waals surface area contributed by atoms with Crippen LogP contribution in [0.25, 0.3) is 10.9 Å². The van der Waals surface area contributed by atoms with Gasteiger partial charge in [-0.15, -0.1) is 0 Å². The van der Waals surface area contributed by atoms with Crippen molar-refractivity contribution in [2.75, 3.05) is 19.0 Å². The lowest BCUT2D eigenvalue weighted by Gasteiger charge is -2.23. The lowest BCUT2D eigenvalue weighted by molar-refractivity contribution is -0.123. The summed E-state index contributed by atoms with van der Waals surface area (Å²) in [5.74, 6) is 1.56. The summed E-state index contributed by atoms with van der Waals surface area (Å²) in [5, 5.41) is 4.39. The van der Waals surface area contributed by atoms with Crippen molar-refractivity contribution in [1.82, 2.24) is 20.3 Å². The first kappa shape index (κ1) is 20.8. The second-order valence-electron chi connectivity index (χ2n) is 9.01. The lowest BCUT2D eigenvalue weighted by Crippen LogP contribution is -2.33. The van der Waals surface area contributed by atoms with E-state index < -0.39 is 0 Å². The predicted molar refractivity (Wildman–Crippen MR) is 118 cm³/mol. The van der Waals surface area contributed by atoms with Gasteiger partial charge in [0.25, 0.3) is 0 Å². The number of H-pyrrole nitrogens is 1. The van der Waals surface area contributed by atoms with E-state index >= 15 is 0 Å². The molecule has 0 radical (unpaired) electrons. The fourth-order valence-electron chi connectivity index (χ4n) is 3.46. The molecule has 0 unspecified atom stereocenters. The van der Waals surface area contributed by atoms with Crippen molar-refractivity contribution >= 4 is 22.6 Å². The number of para-hydroxylation sites is 1. The molecule has 6 heteroatoms. The van der Waals surface area contributed by atoms with Crippen LogP contribution in [0.4, 0.5) is 5.82 Å². The molecule has 1 aromatic carbocycles. The molecular weight excluding hydrogens is 362 g/mol. The number of carbonyl (C=O) groups is 1. The van der Waals surface area contributed by atoms with E-state index in [-0.39, 0.29) is 17.4 Å². The van der Waals surface area contributed by atoms with Crippen molar-refractivity contribution in [3.05, 3.63) is 53.6 Å². The Balaban J connectivity index is 1.96. The second-order valence-corrected chi connectivity index (χ2v) is 9.01. The molecule has 0 aliphatic heterocycles. The van der Waals surface area contributed by atoms with Crippen molar-refractivity contribution in [3.63, 3.8) is 0 Å². The van der Waals surface area contributed by atoms with Crippen LogP contribution in [0.2, 0.25) is 0 Å². The largest absolute Gasteiger partial charge is 0.363 e. The molecular formula is C23H31N5O. The Hall–Kier alpha value is -2.89. The maximum Gasteiger partial charge on any atom is 0.221 e. The third-order valence-electron chi connectivity index (χ3n) is 4.78. The zero-order valence-electron chi connectivity index (χ0n) is 18.2. The number of amides is 1. The van der Waals surface area contributed by atoms with Gasteiger partial charge in [0, 0.05) is 50.1 Å². The molecule has 0 saturated carbocycles. The number of carbonyl (C=O) groups excluding carboxylic acids is 1. The fraction of sp³-hybridized carbons (Fsp3) is 0.435. The minimum atomic E-state index is -0.232. The van der Waals surface area contributed by atoms with Gasteiger partial charge in [0.15, 0.2) is 0 Å². The van der Waals surface area contributed by atoms with Gasteiger partial charge in [0.05, 0.1) is 11.7 Å². The van der Waals surface area contributed by atoms with Gasteiger partial charge in [-0.2, -0.15) is 0 Å². The van der Waals surface area contributed by atoms with E-state index in [9.17, 15) is 4.79 Å². The number of aromatic amines is 1. The van der Waals surface area contributed by atoms with Crippen LogP contribution in [0.5, 0.6) is 0 Å². The summed E-state index contributed by atoms with van der Waals surface area (Å²) in [4.78, 5) is 27.2. The van der Waals surface area contributed by atoms with Gasteiger partial charge < -0.3 is 15.2 Å². The monoisotopic (exact) mass is 393 g/mol. The Morgan fingerprint density at radius 3 is 2.62 bits per heavy atom. The number of aryl methyl sites for hydroxylation is 1. The molecule has 0 fully saturated rings. The number of nitrogens with one attached hydrogen (secondary N) is 2. The summed E-state index contributed by atoms with van der Waals surface area (Å²) in [6, 6.07) is 9.94. The number of nitrogens with zero attached hydrogens (tertiary/aromatic N) is 3. The predicted octanol–water partition coefficient (Wildman–Crippen LogP) is 4.17. The molecule has 6 nitrogen and oxygen atoms in total. The zero-order chi connectivity index (χ0) is 21.2. The molecule has 1 atom stereocenters. The molecule has 1 amide bonds. The summed E-state index contributed by atoms with van der Waals surface area (Å²) in [5.41, 5.74) is 3.00. The highest BCUT2D eigenvalue weighted by Gasteiger charge is 2.23. The quantitative estimate of drug-likeness (QED) is 0.659. The molecule has 2 N–H and O–H groups in total. The Bertz CT molecular complexity index is 1000. The van der Waals surface area contributed by atoms with Crippen molar-refractivity contribution in [2.45, 2.75) is 46.6 Å². The van der Waals surface area contributed by atoms with Crippen molar-refractivity contribution < 1.29 is 4.79 Å². The number of hydrogen-bond acceptors (Lipinski definition) is 4. The minimum Gasteiger partial charge on any atom is -0.363 e. The molecule has 3 rings (SSSR count). The fourth-order valence-corrected chi connectivity index (χ4v) is 3.46. The van der Waals surface area contributed by atoms with Gasteiger partial charge in [-0.05, 0) is 24.0 Å². The van der Waals surface area contributed by atoms with Crippen molar-refractivity contribution in [1.29, 1.82) is 0 Å². The second kappa shape index (κ2) is 8.23. The number of aromatic nitrogens is 3. The molecule has 2 aromatic heterocycles. The standard InChI is InChI=1S/C23H31N5O/c1-15-25-20(12-21(26-15)28(5)6)19(27-22(29)13-23(2,3)4)11-16-14-24-18-10-8-7-9-17(16)18/h7-10,12,14,19,24H,11,13H2,1-6H3,(H,27,29)/t19-/m0/s1. The van der Waals surface area contributed by atoms with E-state index in [0.29, 0.717) is 18.7 Å². The Morgan fingerprint density at radius 2 is 1.93 bits per heavy atom. The van der Waals surface area contributed by atoms with E-state index in [2.05, 4.69) is 53.2 Å². The SMILES string of the molecule is Cc1nc([C@H](Cc2c[nH]c3ccccc23)NC(=O)CC(C)(C)C)cc(N(C)C)n1. The molecule has 2 heterocycles. The van der Waals surface area contributed by atoms with Crippen LogP contribution >= 0.6 is 0 Å². The summed E-state index contributed by atoms with van der Waals surface area (Å²) < 4.78 is 0. The van der Waals surface area contributed by atoms with Crippen LogP contribution in [0.15, 0.2) is 36.5 Å². The van der Waals surface area contributed by atoms with Crippen molar-refractivity contribution in [3.8, 4) is 0 Å². The molecule has 0 spiro atoms. The first-order valence-electron chi connectivity index (χ1n) is 9.99. The molecule has 3 aromatic rings. The van der Waals surface area contributed by atoms with Gasteiger partial charge in [0.1, 0.15) is 11.6 Å². The maximum atomic E-state index is 12.8. The first-order valence-corrected chi connectivity index (χ1v) is 9.99. The third-order valence-corrected chi connectivity index (χ3v) is 4.78. The van der Waals surface area contributed by atoms with Crippen LogP contribution in [-0.4, -0.2) is 35.0 Å². The van der Waals surface area contributed by atoms with E-state index in [0.717, 1.165) is 22.6 Å². The average Bonchev–Trinajstić information content (AvgIpc) is 3.02. The van der Waals surface area contributed by atoms with Crippen LogP contribution in [0, 0.1) is 12.3 Å². The van der Waals surface area contributed by atoms with Crippen LogP contribution in [0.1, 0.15) is 50.3 Å². The van der Waals surface area contributed by atoms with Gasteiger partial charge >= 0.3 is 0 Å². The molecule has 29 heavy (non-hydrogen) atoms. The lowest BCUT2D eigenvalue weighted by atomic mass is 9.91. The summed E-state index contributed by atoms with van der Waals surface area (Å²) >= 11 is 0. The molecule has 0 aliphatic rings. The van der Waals surface area contributed by atoms with E-state index in [4.69, 9.17) is 0 Å². The summed E-state index contributed by atoms with van der Waals surface area (Å²) in [7, 11) is 3.91. The van der Waals surface area contributed by atoms with Gasteiger partial charge in [-0.25, -0.2) is 9.97 Å². The smallest absolute Gasteiger partial charge is 0.221 e. The molecule has 0 bridgehead atoms. The topological polar surface area (TPSA) is 73.9 Å². The van der Waals surface area contributed by atoms with Gasteiger partial charge in [-0.3, -0.25) is 4.79 Å². The maximum absolute atomic E-state index is 12.8. The summed E-state index contributed by atoms with van der Waals surface area (Å²) in [6.07, 6.45) is 3.14. The Kier molecular flexibility index (Phi) is 5.91. The Morgan fingerprint density at radius 1 is 1.21 bits per heavy atom. The number of rotatable bonds is 6. The molecule has 0 aliphatic carbocycles. The highest BCUT2D eigenvalue weighted by atomic mass is 16.1. The van der Waals surface area contributed by atoms with Crippen molar-refractivity contribution in [2.24, 2.45) is 5.41 Å². The van der Waals surface area contributed by atoms with Crippen LogP contribution < -0.4 is 10.2 Å². The van der Waals surface area contributed by atoms with E-state index in [1.807, 2.05) is 50.3 Å². The highest BCUT2D eigenvalue weighted by molar-refractivity contribution is 5.83.